The van der Waals surface area contributed by atoms with Gasteiger partial charge in [-0.2, -0.15) is 0 Å². The predicted octanol–water partition coefficient (Wildman–Crippen LogP) is 3.65. The zero-order chi connectivity index (χ0) is 18.0. The number of ether oxygens (including phenoxy) is 1. The highest BCUT2D eigenvalue weighted by atomic mass is 31.2. The van der Waals surface area contributed by atoms with E-state index in [4.69, 9.17) is 4.74 Å². The fraction of sp³-hybridized carbons (Fsp3) is 0.0455. The quantitative estimate of drug-likeness (QED) is 0.570. The van der Waals surface area contributed by atoms with Gasteiger partial charge in [-0.25, -0.2) is 0 Å². The number of esters is 1. The molecule has 0 unspecified atom stereocenters. The minimum atomic E-state index is -2.41. The van der Waals surface area contributed by atoms with Crippen LogP contribution in [-0.4, -0.2) is 11.1 Å². The summed E-state index contributed by atoms with van der Waals surface area (Å²) in [6.45, 7) is 0. The average molecular weight is 361 g/mol. The van der Waals surface area contributed by atoms with E-state index in [1.807, 2.05) is 54.6 Å². The summed E-state index contributed by atoms with van der Waals surface area (Å²) in [6, 6.07) is 30.3. The summed E-state index contributed by atoms with van der Waals surface area (Å²) in [7, 11) is -2.41. The molecule has 128 valence electrons. The molecule has 0 saturated carbocycles. The van der Waals surface area contributed by atoms with Crippen LogP contribution in [0.15, 0.2) is 102 Å². The van der Waals surface area contributed by atoms with Crippen LogP contribution in [0, 0.1) is 0 Å². The zero-order valence-corrected chi connectivity index (χ0v) is 15.0. The second-order valence-electron chi connectivity index (χ2n) is 6.08. The van der Waals surface area contributed by atoms with Gasteiger partial charge in [0.15, 0.2) is 5.31 Å². The molecule has 0 spiro atoms. The molecule has 1 aliphatic rings. The smallest absolute Gasteiger partial charge is 0.326 e. The van der Waals surface area contributed by atoms with E-state index in [0.29, 0.717) is 5.31 Å². The Balaban J connectivity index is 2.11. The van der Waals surface area contributed by atoms with Crippen molar-refractivity contribution in [2.45, 2.75) is 6.42 Å². The fourth-order valence-corrected chi connectivity index (χ4v) is 7.93. The Hall–Kier alpha value is -2.90. The van der Waals surface area contributed by atoms with Gasteiger partial charge in [-0.15, -0.1) is 0 Å². The molecule has 0 fully saturated rings. The van der Waals surface area contributed by atoms with Gasteiger partial charge in [-0.05, 0) is 36.4 Å². The first-order valence-electron chi connectivity index (χ1n) is 8.42. The number of hydrogen-bond acceptors (Lipinski definition) is 3. The SMILES string of the molecule is O=C1CC([P+](c2ccccc2)(c2ccccc2)c2ccccc2)=C(O)O1. The van der Waals surface area contributed by atoms with Crippen LogP contribution in [0.25, 0.3) is 0 Å². The first-order valence-corrected chi connectivity index (χ1v) is 10.2. The summed E-state index contributed by atoms with van der Waals surface area (Å²) in [5, 5.41) is 14.5. The number of hydrogen-bond donors (Lipinski definition) is 1. The van der Waals surface area contributed by atoms with Crippen molar-refractivity contribution in [3.63, 3.8) is 0 Å². The Morgan fingerprint density at radius 2 is 1.08 bits per heavy atom. The molecule has 0 amide bonds. The van der Waals surface area contributed by atoms with Gasteiger partial charge in [0.05, 0.1) is 0 Å². The van der Waals surface area contributed by atoms with Crippen LogP contribution in [-0.2, 0) is 9.53 Å². The third-order valence-electron chi connectivity index (χ3n) is 4.60. The first kappa shape index (κ1) is 16.6. The monoisotopic (exact) mass is 361 g/mol. The van der Waals surface area contributed by atoms with Gasteiger partial charge in [0, 0.05) is 0 Å². The predicted molar refractivity (Wildman–Crippen MR) is 106 cm³/mol. The lowest BCUT2D eigenvalue weighted by Gasteiger charge is -2.27. The molecule has 1 N–H and O–H groups in total. The minimum absolute atomic E-state index is 0.0955. The van der Waals surface area contributed by atoms with Gasteiger partial charge in [0.1, 0.15) is 29.6 Å². The molecule has 0 atom stereocenters. The number of aliphatic hydroxyl groups excluding tert-OH is 1. The van der Waals surface area contributed by atoms with E-state index in [-0.39, 0.29) is 12.4 Å². The topological polar surface area (TPSA) is 46.5 Å². The zero-order valence-electron chi connectivity index (χ0n) is 14.1. The third kappa shape index (κ3) is 2.61. The molecule has 1 aliphatic heterocycles. The molecule has 0 saturated heterocycles. The van der Waals surface area contributed by atoms with Crippen LogP contribution in [0.4, 0.5) is 0 Å². The van der Waals surface area contributed by atoms with E-state index >= 15 is 0 Å². The van der Waals surface area contributed by atoms with E-state index in [9.17, 15) is 9.90 Å². The Labute approximate surface area is 152 Å². The summed E-state index contributed by atoms with van der Waals surface area (Å²) in [6.07, 6.45) is 0.0955. The number of aliphatic hydroxyl groups is 1. The van der Waals surface area contributed by atoms with E-state index in [2.05, 4.69) is 36.4 Å². The first-order chi connectivity index (χ1) is 12.7. The fourth-order valence-electron chi connectivity index (χ4n) is 3.55. The number of rotatable bonds is 4. The van der Waals surface area contributed by atoms with Crippen LogP contribution in [0.5, 0.6) is 0 Å². The van der Waals surface area contributed by atoms with Gasteiger partial charge in [0.2, 0.25) is 0 Å². The summed E-state index contributed by atoms with van der Waals surface area (Å²) >= 11 is 0. The highest BCUT2D eigenvalue weighted by Gasteiger charge is 2.54. The molecule has 26 heavy (non-hydrogen) atoms. The molecule has 4 heteroatoms. The lowest BCUT2D eigenvalue weighted by molar-refractivity contribution is -0.139. The maximum absolute atomic E-state index is 12.0. The van der Waals surface area contributed by atoms with Crippen molar-refractivity contribution in [3.8, 4) is 0 Å². The van der Waals surface area contributed by atoms with Crippen molar-refractivity contribution >= 4 is 29.1 Å². The number of carbonyl (C=O) groups is 1. The van der Waals surface area contributed by atoms with E-state index in [0.717, 1.165) is 15.9 Å². The van der Waals surface area contributed by atoms with Crippen LogP contribution in [0.2, 0.25) is 0 Å². The summed E-state index contributed by atoms with van der Waals surface area (Å²) < 4.78 is 5.07. The molecule has 3 nitrogen and oxygen atoms in total. The largest absolute Gasteiger partial charge is 0.478 e. The second kappa shape index (κ2) is 6.78. The van der Waals surface area contributed by atoms with Crippen molar-refractivity contribution in [2.24, 2.45) is 0 Å². The van der Waals surface area contributed by atoms with Gasteiger partial charge in [-0.1, -0.05) is 54.6 Å². The summed E-state index contributed by atoms with van der Waals surface area (Å²) in [5.74, 6) is -0.662. The molecule has 3 aromatic carbocycles. The number of carbonyl (C=O) groups excluding carboxylic acids is 1. The van der Waals surface area contributed by atoms with Gasteiger partial charge >= 0.3 is 11.9 Å². The molecule has 0 aliphatic carbocycles. The van der Waals surface area contributed by atoms with Crippen molar-refractivity contribution in [1.82, 2.24) is 0 Å². The van der Waals surface area contributed by atoms with Crippen LogP contribution in [0.1, 0.15) is 6.42 Å². The third-order valence-corrected chi connectivity index (χ3v) is 8.98. The molecule has 3 aromatic rings. The maximum atomic E-state index is 12.0. The lowest BCUT2D eigenvalue weighted by atomic mass is 10.3. The molecule has 1 heterocycles. The highest BCUT2D eigenvalue weighted by Crippen LogP contribution is 2.65. The van der Waals surface area contributed by atoms with Crippen LogP contribution < -0.4 is 15.9 Å². The standard InChI is InChI=1S/C22H17O3P/c23-21-16-20(22(24)25-21)26(17-10-4-1-5-11-17,18-12-6-2-7-13-18)19-14-8-3-9-15-19/h1-15H,16H2/p+1. The average Bonchev–Trinajstić information content (AvgIpc) is 3.03. The van der Waals surface area contributed by atoms with Crippen LogP contribution >= 0.6 is 7.26 Å². The summed E-state index contributed by atoms with van der Waals surface area (Å²) in [5.41, 5.74) is 0. The number of benzene rings is 3. The van der Waals surface area contributed by atoms with E-state index < -0.39 is 13.2 Å². The molecule has 0 aromatic heterocycles. The van der Waals surface area contributed by atoms with Gasteiger partial charge in [0.25, 0.3) is 0 Å². The molecule has 0 bridgehead atoms. The van der Waals surface area contributed by atoms with E-state index in [1.165, 1.54) is 0 Å². The molecule has 0 radical (unpaired) electrons. The van der Waals surface area contributed by atoms with E-state index in [1.54, 1.807) is 0 Å². The Bertz CT molecular complexity index is 854. The number of cyclic esters (lactones) is 1. The van der Waals surface area contributed by atoms with Crippen molar-refractivity contribution in [3.05, 3.63) is 102 Å². The van der Waals surface area contributed by atoms with Crippen LogP contribution in [0.3, 0.4) is 0 Å². The van der Waals surface area contributed by atoms with Gasteiger partial charge < -0.3 is 9.84 Å². The highest BCUT2D eigenvalue weighted by molar-refractivity contribution is 7.99. The van der Waals surface area contributed by atoms with Crippen molar-refractivity contribution < 1.29 is 14.6 Å². The lowest BCUT2D eigenvalue weighted by Crippen LogP contribution is -2.32. The molecule has 4 rings (SSSR count). The molecular weight excluding hydrogens is 343 g/mol. The Morgan fingerprint density at radius 1 is 0.692 bits per heavy atom. The van der Waals surface area contributed by atoms with Gasteiger partial charge in [-0.3, -0.25) is 4.79 Å². The van der Waals surface area contributed by atoms with Crippen molar-refractivity contribution in [1.29, 1.82) is 0 Å². The Morgan fingerprint density at radius 3 is 1.38 bits per heavy atom. The minimum Gasteiger partial charge on any atom is -0.478 e. The summed E-state index contributed by atoms with van der Waals surface area (Å²) in [4.78, 5) is 12.0. The van der Waals surface area contributed by atoms with Crippen molar-refractivity contribution in [2.75, 3.05) is 0 Å². The second-order valence-corrected chi connectivity index (χ2v) is 9.51. The maximum Gasteiger partial charge on any atom is 0.326 e. The normalized spacial score (nSPS) is 14.4. The Kier molecular flexibility index (Phi) is 4.32. The molecular formula is C22H18O3P+.